The summed E-state index contributed by atoms with van der Waals surface area (Å²) in [4.78, 5) is 19.1. The van der Waals surface area contributed by atoms with E-state index in [0.717, 1.165) is 30.2 Å². The van der Waals surface area contributed by atoms with Crippen molar-refractivity contribution in [3.8, 4) is 5.75 Å². The Morgan fingerprint density at radius 2 is 1.88 bits per heavy atom. The third-order valence-electron chi connectivity index (χ3n) is 4.40. The number of hydrogen-bond donors (Lipinski definition) is 1. The molecule has 2 aromatic rings. The van der Waals surface area contributed by atoms with Crippen LogP contribution in [0, 0.1) is 0 Å². The zero-order valence-electron chi connectivity index (χ0n) is 14.2. The van der Waals surface area contributed by atoms with Crippen molar-refractivity contribution < 1.29 is 9.53 Å². The molecule has 1 unspecified atom stereocenters. The number of hydrogen-bond acceptors (Lipinski definition) is 4. The predicted molar refractivity (Wildman–Crippen MR) is 94.6 cm³/mol. The highest BCUT2D eigenvalue weighted by Crippen LogP contribution is 2.19. The molecule has 1 amide bonds. The van der Waals surface area contributed by atoms with Crippen molar-refractivity contribution in [1.82, 2.24) is 10.3 Å². The molecule has 126 valence electrons. The number of carbonyl (C=O) groups is 1. The molecule has 1 aromatic heterocycles. The second-order valence-electron chi connectivity index (χ2n) is 6.07. The number of benzene rings is 1. The van der Waals surface area contributed by atoms with E-state index in [-0.39, 0.29) is 11.9 Å². The molecule has 1 aliphatic heterocycles. The number of nitrogens with zero attached hydrogens (tertiary/aromatic N) is 2. The number of carbonyl (C=O) groups excluding carboxylic acids is 1. The zero-order valence-corrected chi connectivity index (χ0v) is 14.2. The Morgan fingerprint density at radius 3 is 2.46 bits per heavy atom. The van der Waals surface area contributed by atoms with Crippen LogP contribution >= 0.6 is 0 Å². The quantitative estimate of drug-likeness (QED) is 0.917. The summed E-state index contributed by atoms with van der Waals surface area (Å²) in [6.07, 6.45) is 4.08. The average molecular weight is 325 g/mol. The van der Waals surface area contributed by atoms with Crippen molar-refractivity contribution in [2.24, 2.45) is 0 Å². The van der Waals surface area contributed by atoms with Gasteiger partial charge in [0.25, 0.3) is 5.91 Å². The number of nitrogens with one attached hydrogen (secondary N) is 1. The van der Waals surface area contributed by atoms with E-state index >= 15 is 0 Å². The standard InChI is InChI=1S/C19H23N3O2/c1-14(15-5-8-17(24-2)9-6-15)21-19(23)16-7-10-18(20-13-16)22-11-3-4-12-22/h5-10,13-14H,3-4,11-12H2,1-2H3,(H,21,23). The SMILES string of the molecule is COc1ccc(C(C)NC(=O)c2ccc(N3CCCC3)nc2)cc1. The van der Waals surface area contributed by atoms with Crippen LogP contribution in [0.2, 0.25) is 0 Å². The van der Waals surface area contributed by atoms with Gasteiger partial charge in [-0.15, -0.1) is 0 Å². The van der Waals surface area contributed by atoms with Crippen LogP contribution in [0.5, 0.6) is 5.75 Å². The van der Waals surface area contributed by atoms with Gasteiger partial charge in [-0.05, 0) is 49.6 Å². The molecule has 5 nitrogen and oxygen atoms in total. The minimum Gasteiger partial charge on any atom is -0.497 e. The van der Waals surface area contributed by atoms with Crippen LogP contribution in [0.3, 0.4) is 0 Å². The van der Waals surface area contributed by atoms with E-state index in [1.807, 2.05) is 43.3 Å². The van der Waals surface area contributed by atoms with E-state index in [4.69, 9.17) is 4.74 Å². The Bertz CT molecular complexity index is 677. The van der Waals surface area contributed by atoms with Crippen molar-refractivity contribution in [3.05, 3.63) is 53.7 Å². The lowest BCUT2D eigenvalue weighted by Crippen LogP contribution is -2.27. The summed E-state index contributed by atoms with van der Waals surface area (Å²) in [5, 5.41) is 3.01. The Kier molecular flexibility index (Phi) is 4.99. The maximum atomic E-state index is 12.4. The molecular weight excluding hydrogens is 302 g/mol. The molecule has 1 fully saturated rings. The highest BCUT2D eigenvalue weighted by atomic mass is 16.5. The van der Waals surface area contributed by atoms with E-state index in [2.05, 4.69) is 15.2 Å². The van der Waals surface area contributed by atoms with Gasteiger partial charge in [-0.2, -0.15) is 0 Å². The summed E-state index contributed by atoms with van der Waals surface area (Å²) in [5.74, 6) is 1.64. The molecule has 0 bridgehead atoms. The fourth-order valence-corrected chi connectivity index (χ4v) is 2.91. The third kappa shape index (κ3) is 3.67. The maximum absolute atomic E-state index is 12.4. The van der Waals surface area contributed by atoms with E-state index < -0.39 is 0 Å². The number of rotatable bonds is 5. The lowest BCUT2D eigenvalue weighted by Gasteiger charge is -2.17. The molecule has 0 radical (unpaired) electrons. The first-order valence-corrected chi connectivity index (χ1v) is 8.33. The zero-order chi connectivity index (χ0) is 16.9. The van der Waals surface area contributed by atoms with Gasteiger partial charge in [-0.25, -0.2) is 4.98 Å². The predicted octanol–water partition coefficient (Wildman–Crippen LogP) is 3.18. The van der Waals surface area contributed by atoms with Crippen molar-refractivity contribution in [1.29, 1.82) is 0 Å². The van der Waals surface area contributed by atoms with Crippen LogP contribution in [0.25, 0.3) is 0 Å². The molecule has 24 heavy (non-hydrogen) atoms. The van der Waals surface area contributed by atoms with Crippen LogP contribution in [0.15, 0.2) is 42.6 Å². The van der Waals surface area contributed by atoms with Crippen LogP contribution < -0.4 is 15.0 Å². The summed E-state index contributed by atoms with van der Waals surface area (Å²) in [7, 11) is 1.64. The average Bonchev–Trinajstić information content (AvgIpc) is 3.16. The molecule has 1 aromatic carbocycles. The van der Waals surface area contributed by atoms with Gasteiger partial charge in [0.05, 0.1) is 18.7 Å². The molecule has 2 heterocycles. The Morgan fingerprint density at radius 1 is 1.17 bits per heavy atom. The van der Waals surface area contributed by atoms with Gasteiger partial charge in [0, 0.05) is 19.3 Å². The largest absolute Gasteiger partial charge is 0.497 e. The lowest BCUT2D eigenvalue weighted by atomic mass is 10.1. The van der Waals surface area contributed by atoms with E-state index in [1.165, 1.54) is 12.8 Å². The third-order valence-corrected chi connectivity index (χ3v) is 4.40. The molecule has 5 heteroatoms. The van der Waals surface area contributed by atoms with Crippen molar-refractivity contribution in [3.63, 3.8) is 0 Å². The fraction of sp³-hybridized carbons (Fsp3) is 0.368. The fourth-order valence-electron chi connectivity index (χ4n) is 2.91. The molecule has 0 spiro atoms. The topological polar surface area (TPSA) is 54.5 Å². The summed E-state index contributed by atoms with van der Waals surface area (Å²) < 4.78 is 5.15. The number of pyridine rings is 1. The van der Waals surface area contributed by atoms with Gasteiger partial charge in [0.1, 0.15) is 11.6 Å². The Hall–Kier alpha value is -2.56. The summed E-state index contributed by atoms with van der Waals surface area (Å²) in [6, 6.07) is 11.4. The Balaban J connectivity index is 1.62. The molecule has 1 saturated heterocycles. The number of methoxy groups -OCH3 is 1. The van der Waals surface area contributed by atoms with E-state index in [9.17, 15) is 4.79 Å². The second kappa shape index (κ2) is 7.34. The van der Waals surface area contributed by atoms with Gasteiger partial charge in [-0.1, -0.05) is 12.1 Å². The first-order chi connectivity index (χ1) is 11.7. The first kappa shape index (κ1) is 16.3. The monoisotopic (exact) mass is 325 g/mol. The smallest absolute Gasteiger partial charge is 0.253 e. The summed E-state index contributed by atoms with van der Waals surface area (Å²) >= 11 is 0. The molecular formula is C19H23N3O2. The molecule has 1 atom stereocenters. The van der Waals surface area contributed by atoms with Crippen molar-refractivity contribution in [2.75, 3.05) is 25.1 Å². The van der Waals surface area contributed by atoms with Crippen LogP contribution in [-0.4, -0.2) is 31.1 Å². The summed E-state index contributed by atoms with van der Waals surface area (Å²) in [6.45, 7) is 4.06. The molecule has 1 aliphatic rings. The van der Waals surface area contributed by atoms with Gasteiger partial charge in [-0.3, -0.25) is 4.79 Å². The van der Waals surface area contributed by atoms with Gasteiger partial charge in [0.15, 0.2) is 0 Å². The maximum Gasteiger partial charge on any atom is 0.253 e. The minimum absolute atomic E-state index is 0.0818. The Labute approximate surface area is 142 Å². The van der Waals surface area contributed by atoms with Gasteiger partial charge < -0.3 is 15.0 Å². The molecule has 3 rings (SSSR count). The van der Waals surface area contributed by atoms with Crippen LogP contribution in [-0.2, 0) is 0 Å². The van der Waals surface area contributed by atoms with E-state index in [0.29, 0.717) is 5.56 Å². The van der Waals surface area contributed by atoms with Crippen molar-refractivity contribution in [2.45, 2.75) is 25.8 Å². The molecule has 0 aliphatic carbocycles. The minimum atomic E-state index is -0.112. The van der Waals surface area contributed by atoms with Crippen molar-refractivity contribution >= 4 is 11.7 Å². The number of aromatic nitrogens is 1. The highest BCUT2D eigenvalue weighted by Gasteiger charge is 2.15. The first-order valence-electron chi connectivity index (χ1n) is 8.33. The van der Waals surface area contributed by atoms with Gasteiger partial charge in [0.2, 0.25) is 0 Å². The van der Waals surface area contributed by atoms with Crippen LogP contribution in [0.1, 0.15) is 41.7 Å². The van der Waals surface area contributed by atoms with Gasteiger partial charge >= 0.3 is 0 Å². The summed E-state index contributed by atoms with van der Waals surface area (Å²) in [5.41, 5.74) is 1.61. The number of anilines is 1. The van der Waals surface area contributed by atoms with E-state index in [1.54, 1.807) is 13.3 Å². The second-order valence-corrected chi connectivity index (χ2v) is 6.07. The lowest BCUT2D eigenvalue weighted by molar-refractivity contribution is 0.0939. The number of ether oxygens (including phenoxy) is 1. The van der Waals surface area contributed by atoms with Crippen LogP contribution in [0.4, 0.5) is 5.82 Å². The molecule has 1 N–H and O–H groups in total. The molecule has 0 saturated carbocycles. The normalized spacial score (nSPS) is 15.2. The highest BCUT2D eigenvalue weighted by molar-refractivity contribution is 5.94. The number of amides is 1.